The average molecular weight is 414 g/mol. The van der Waals surface area contributed by atoms with Crippen LogP contribution >= 0.6 is 0 Å². The molecular formula is C19H31N3O5S. The van der Waals surface area contributed by atoms with Gasteiger partial charge in [0.2, 0.25) is 0 Å². The Morgan fingerprint density at radius 1 is 1.36 bits per heavy atom. The molecule has 1 heterocycles. The van der Waals surface area contributed by atoms with Gasteiger partial charge in [-0.1, -0.05) is 6.07 Å². The lowest BCUT2D eigenvalue weighted by atomic mass is 10.2. The van der Waals surface area contributed by atoms with Crippen LogP contribution in [0.4, 0.5) is 0 Å². The zero-order chi connectivity index (χ0) is 20.8. The van der Waals surface area contributed by atoms with E-state index in [1.165, 1.54) is 0 Å². The first kappa shape index (κ1) is 22.3. The van der Waals surface area contributed by atoms with E-state index in [2.05, 4.69) is 10.3 Å². The van der Waals surface area contributed by atoms with Gasteiger partial charge < -0.3 is 24.8 Å². The molecule has 0 aliphatic carbocycles. The average Bonchev–Trinajstić information content (AvgIpc) is 2.66. The molecule has 0 aromatic heterocycles. The van der Waals surface area contributed by atoms with E-state index >= 15 is 0 Å². The van der Waals surface area contributed by atoms with Crippen LogP contribution in [0.3, 0.4) is 0 Å². The molecule has 0 spiro atoms. The minimum atomic E-state index is -3.10. The van der Waals surface area contributed by atoms with Crippen molar-refractivity contribution < 1.29 is 23.0 Å². The molecule has 2 N–H and O–H groups in total. The van der Waals surface area contributed by atoms with Crippen LogP contribution in [-0.2, 0) is 16.4 Å². The number of nitrogens with zero attached hydrogens (tertiary/aromatic N) is 2. The number of hydrogen-bond donors (Lipinski definition) is 2. The predicted molar refractivity (Wildman–Crippen MR) is 110 cm³/mol. The molecular weight excluding hydrogens is 382 g/mol. The highest BCUT2D eigenvalue weighted by molar-refractivity contribution is 7.92. The second kappa shape index (κ2) is 9.47. The second-order valence-electron chi connectivity index (χ2n) is 7.23. The molecule has 1 aliphatic rings. The topological polar surface area (TPSA) is 100 Å². The monoisotopic (exact) mass is 413 g/mol. The van der Waals surface area contributed by atoms with Crippen molar-refractivity contribution in [2.75, 3.05) is 45.7 Å². The van der Waals surface area contributed by atoms with Gasteiger partial charge in [0.1, 0.15) is 6.61 Å². The van der Waals surface area contributed by atoms with Gasteiger partial charge in [-0.3, -0.25) is 0 Å². The van der Waals surface area contributed by atoms with Crippen LogP contribution in [0.1, 0.15) is 26.3 Å². The predicted octanol–water partition coefficient (Wildman–Crippen LogP) is 1.04. The molecule has 0 saturated carbocycles. The maximum atomic E-state index is 12.3. The fourth-order valence-electron chi connectivity index (χ4n) is 3.00. The molecule has 0 unspecified atom stereocenters. The Morgan fingerprint density at radius 2 is 2.11 bits per heavy atom. The van der Waals surface area contributed by atoms with E-state index in [-0.39, 0.29) is 19.0 Å². The van der Waals surface area contributed by atoms with Gasteiger partial charge in [0, 0.05) is 19.6 Å². The van der Waals surface area contributed by atoms with E-state index in [4.69, 9.17) is 14.6 Å². The van der Waals surface area contributed by atoms with E-state index in [9.17, 15) is 8.42 Å². The number of methoxy groups -OCH3 is 1. The minimum absolute atomic E-state index is 0.0663. The first-order chi connectivity index (χ1) is 13.2. The number of benzene rings is 1. The molecule has 28 heavy (non-hydrogen) atoms. The van der Waals surface area contributed by atoms with Crippen molar-refractivity contribution in [3.63, 3.8) is 0 Å². The number of hydrogen-bond acceptors (Lipinski definition) is 6. The van der Waals surface area contributed by atoms with E-state index in [0.29, 0.717) is 43.6 Å². The van der Waals surface area contributed by atoms with Crippen LogP contribution in [0.15, 0.2) is 23.2 Å². The van der Waals surface area contributed by atoms with Gasteiger partial charge in [0.25, 0.3) is 0 Å². The lowest BCUT2D eigenvalue weighted by molar-refractivity contribution is 0.196. The third kappa shape index (κ3) is 5.29. The smallest absolute Gasteiger partial charge is 0.194 e. The molecule has 1 aromatic carbocycles. The summed E-state index contributed by atoms with van der Waals surface area (Å²) in [5.41, 5.74) is 0.937. The number of rotatable bonds is 7. The van der Waals surface area contributed by atoms with E-state index in [0.717, 1.165) is 5.56 Å². The van der Waals surface area contributed by atoms with Crippen molar-refractivity contribution in [2.24, 2.45) is 4.99 Å². The minimum Gasteiger partial charge on any atom is -0.493 e. The summed E-state index contributed by atoms with van der Waals surface area (Å²) in [6, 6.07) is 5.54. The van der Waals surface area contributed by atoms with Crippen LogP contribution in [0.25, 0.3) is 0 Å². The fourth-order valence-corrected chi connectivity index (χ4v) is 4.37. The lowest BCUT2D eigenvalue weighted by Crippen LogP contribution is -2.57. The number of nitrogens with one attached hydrogen (secondary N) is 1. The quantitative estimate of drug-likeness (QED) is 0.509. The van der Waals surface area contributed by atoms with Gasteiger partial charge in [-0.2, -0.15) is 0 Å². The maximum Gasteiger partial charge on any atom is 0.194 e. The Bertz CT molecular complexity index is 793. The second-order valence-corrected chi connectivity index (χ2v) is 9.97. The van der Waals surface area contributed by atoms with E-state index < -0.39 is 14.6 Å². The summed E-state index contributed by atoms with van der Waals surface area (Å²) in [6.07, 6.45) is 0. The lowest BCUT2D eigenvalue weighted by Gasteiger charge is -2.39. The molecule has 2 rings (SSSR count). The number of aliphatic imine (C=N–C) groups is 1. The molecule has 9 heteroatoms. The largest absolute Gasteiger partial charge is 0.493 e. The molecule has 0 bridgehead atoms. The first-order valence-electron chi connectivity index (χ1n) is 9.40. The number of aliphatic hydroxyl groups is 1. The zero-order valence-corrected chi connectivity index (χ0v) is 17.9. The fraction of sp³-hybridized carbons (Fsp3) is 0.632. The SMILES string of the molecule is CCNC(=NCc1ccc(OCCO)c(OC)c1)N1CCS(=O)(=O)C(C)(C)C1. The van der Waals surface area contributed by atoms with Crippen molar-refractivity contribution >= 4 is 15.8 Å². The zero-order valence-electron chi connectivity index (χ0n) is 17.1. The Labute approximate surface area is 167 Å². The van der Waals surface area contributed by atoms with Crippen LogP contribution in [0, 0.1) is 0 Å². The molecule has 1 fully saturated rings. The summed E-state index contributed by atoms with van der Waals surface area (Å²) < 4.78 is 34.5. The molecule has 158 valence electrons. The Morgan fingerprint density at radius 3 is 2.71 bits per heavy atom. The molecule has 0 amide bonds. The summed E-state index contributed by atoms with van der Waals surface area (Å²) in [7, 11) is -1.54. The van der Waals surface area contributed by atoms with Crippen molar-refractivity contribution in [1.82, 2.24) is 10.2 Å². The van der Waals surface area contributed by atoms with Crippen molar-refractivity contribution in [2.45, 2.75) is 32.1 Å². The Kier molecular flexibility index (Phi) is 7.54. The summed E-state index contributed by atoms with van der Waals surface area (Å²) in [6.45, 7) is 7.57. The Balaban J connectivity index is 2.17. The maximum absolute atomic E-state index is 12.3. The molecule has 1 aliphatic heterocycles. The van der Waals surface area contributed by atoms with Gasteiger partial charge in [0.15, 0.2) is 27.3 Å². The van der Waals surface area contributed by atoms with Gasteiger partial charge >= 0.3 is 0 Å². The van der Waals surface area contributed by atoms with Crippen molar-refractivity contribution in [3.05, 3.63) is 23.8 Å². The molecule has 0 radical (unpaired) electrons. The molecule has 0 atom stereocenters. The van der Waals surface area contributed by atoms with Gasteiger partial charge in [-0.05, 0) is 38.5 Å². The standard InChI is InChI=1S/C19H31N3O5S/c1-5-20-18(22-8-11-28(24,25)19(2,3)14-22)21-13-15-6-7-16(27-10-9-23)17(12-15)26-4/h6-7,12,23H,5,8-11,13-14H2,1-4H3,(H,20,21). The van der Waals surface area contributed by atoms with Gasteiger partial charge in [-0.25, -0.2) is 13.4 Å². The number of guanidine groups is 1. The van der Waals surface area contributed by atoms with Crippen LogP contribution < -0.4 is 14.8 Å². The van der Waals surface area contributed by atoms with Crippen LogP contribution in [-0.4, -0.2) is 74.8 Å². The number of sulfone groups is 1. The highest BCUT2D eigenvalue weighted by Crippen LogP contribution is 2.28. The summed E-state index contributed by atoms with van der Waals surface area (Å²) in [5, 5.41) is 12.2. The van der Waals surface area contributed by atoms with Crippen LogP contribution in [0.5, 0.6) is 11.5 Å². The third-order valence-corrected chi connectivity index (χ3v) is 7.20. The van der Waals surface area contributed by atoms with Crippen LogP contribution in [0.2, 0.25) is 0 Å². The highest BCUT2D eigenvalue weighted by atomic mass is 32.2. The van der Waals surface area contributed by atoms with Crippen molar-refractivity contribution in [3.8, 4) is 11.5 Å². The van der Waals surface area contributed by atoms with Gasteiger partial charge in [-0.15, -0.1) is 0 Å². The number of ether oxygens (including phenoxy) is 2. The number of aliphatic hydroxyl groups excluding tert-OH is 1. The summed E-state index contributed by atoms with van der Waals surface area (Å²) >= 11 is 0. The van der Waals surface area contributed by atoms with Crippen molar-refractivity contribution in [1.29, 1.82) is 0 Å². The van der Waals surface area contributed by atoms with E-state index in [1.807, 2.05) is 24.0 Å². The van der Waals surface area contributed by atoms with Gasteiger partial charge in [0.05, 0.1) is 30.8 Å². The highest BCUT2D eigenvalue weighted by Gasteiger charge is 2.40. The first-order valence-corrected chi connectivity index (χ1v) is 11.1. The molecule has 1 aromatic rings. The third-order valence-electron chi connectivity index (χ3n) is 4.67. The Hall–Kier alpha value is -2.00. The van der Waals surface area contributed by atoms with E-state index in [1.54, 1.807) is 27.0 Å². The summed E-state index contributed by atoms with van der Waals surface area (Å²) in [4.78, 5) is 6.69. The summed E-state index contributed by atoms with van der Waals surface area (Å²) in [5.74, 6) is 1.97. The molecule has 8 nitrogen and oxygen atoms in total. The molecule has 1 saturated heterocycles. The normalized spacial score (nSPS) is 18.6.